The number of hydrogen-bond donors (Lipinski definition) is 1. The van der Waals surface area contributed by atoms with Crippen LogP contribution in [-0.2, 0) is 0 Å². The number of aromatic nitrogens is 1. The molecule has 0 bridgehead atoms. The number of nitrogens with zero attached hydrogens (tertiary/aromatic N) is 1. The summed E-state index contributed by atoms with van der Waals surface area (Å²) in [5.74, 6) is -0.891. The molecule has 4 nitrogen and oxygen atoms in total. The van der Waals surface area contributed by atoms with Crippen molar-refractivity contribution >= 4 is 5.78 Å². The summed E-state index contributed by atoms with van der Waals surface area (Å²) in [5.41, 5.74) is 0. The minimum absolute atomic E-state index is 0.146. The van der Waals surface area contributed by atoms with Gasteiger partial charge in [-0.2, -0.15) is 4.98 Å². The second kappa shape index (κ2) is 2.34. The van der Waals surface area contributed by atoms with Crippen molar-refractivity contribution in [3.8, 4) is 5.88 Å². The first-order valence-corrected chi connectivity index (χ1v) is 2.55. The average Bonchev–Trinajstić information content (AvgIpc) is 2.34. The van der Waals surface area contributed by atoms with Gasteiger partial charge in [0, 0.05) is 0 Å². The van der Waals surface area contributed by atoms with Crippen molar-refractivity contribution in [3.05, 3.63) is 24.8 Å². The standard InChI is InChI=1S/C6H5NO3/c1-2-4(8)6-7-5(9)3-10-6/h2-3,9H,1H2. The van der Waals surface area contributed by atoms with Crippen molar-refractivity contribution in [2.75, 3.05) is 0 Å². The Labute approximate surface area is 56.8 Å². The molecule has 0 spiro atoms. The second-order valence-corrected chi connectivity index (χ2v) is 1.58. The molecule has 0 aliphatic rings. The van der Waals surface area contributed by atoms with E-state index in [4.69, 9.17) is 5.11 Å². The molecule has 0 amide bonds. The van der Waals surface area contributed by atoms with Gasteiger partial charge in [-0.15, -0.1) is 0 Å². The minimum Gasteiger partial charge on any atom is -0.491 e. The molecule has 0 saturated carbocycles. The van der Waals surface area contributed by atoms with Gasteiger partial charge in [0.05, 0.1) is 0 Å². The van der Waals surface area contributed by atoms with Gasteiger partial charge in [-0.05, 0) is 6.08 Å². The summed E-state index contributed by atoms with van der Waals surface area (Å²) in [6, 6.07) is 0. The Bertz CT molecular complexity index is 264. The number of aromatic hydroxyl groups is 1. The third-order valence-corrected chi connectivity index (χ3v) is 0.888. The van der Waals surface area contributed by atoms with E-state index < -0.39 is 5.78 Å². The van der Waals surface area contributed by atoms with Gasteiger partial charge < -0.3 is 9.52 Å². The van der Waals surface area contributed by atoms with Crippen LogP contribution in [0.3, 0.4) is 0 Å². The summed E-state index contributed by atoms with van der Waals surface area (Å²) in [6.07, 6.45) is 2.04. The zero-order chi connectivity index (χ0) is 7.56. The molecule has 1 N–H and O–H groups in total. The number of carbonyl (C=O) groups excluding carboxylic acids is 1. The van der Waals surface area contributed by atoms with E-state index in [1.165, 1.54) is 0 Å². The topological polar surface area (TPSA) is 63.3 Å². The van der Waals surface area contributed by atoms with Crippen molar-refractivity contribution in [3.63, 3.8) is 0 Å². The summed E-state index contributed by atoms with van der Waals surface area (Å²) >= 11 is 0. The highest BCUT2D eigenvalue weighted by Gasteiger charge is 2.07. The highest BCUT2D eigenvalue weighted by molar-refractivity contribution is 6.00. The third-order valence-electron chi connectivity index (χ3n) is 0.888. The van der Waals surface area contributed by atoms with Gasteiger partial charge in [-0.3, -0.25) is 4.79 Å². The van der Waals surface area contributed by atoms with E-state index in [-0.39, 0.29) is 11.8 Å². The molecule has 0 aromatic carbocycles. The monoisotopic (exact) mass is 139 g/mol. The van der Waals surface area contributed by atoms with Crippen LogP contribution in [0, 0.1) is 0 Å². The van der Waals surface area contributed by atoms with E-state index in [1.807, 2.05) is 0 Å². The summed E-state index contributed by atoms with van der Waals surface area (Å²) in [4.78, 5) is 14.0. The van der Waals surface area contributed by atoms with Crippen molar-refractivity contribution in [2.24, 2.45) is 0 Å². The molecule has 0 radical (unpaired) electrons. The molecule has 1 aromatic rings. The Morgan fingerprint density at radius 1 is 1.90 bits per heavy atom. The van der Waals surface area contributed by atoms with Crippen LogP contribution in [0.25, 0.3) is 0 Å². The van der Waals surface area contributed by atoms with Crippen LogP contribution >= 0.6 is 0 Å². The zero-order valence-electron chi connectivity index (χ0n) is 5.07. The molecular formula is C6H5NO3. The predicted molar refractivity (Wildman–Crippen MR) is 32.7 cm³/mol. The van der Waals surface area contributed by atoms with Crippen LogP contribution in [0.2, 0.25) is 0 Å². The third kappa shape index (κ3) is 1.05. The molecule has 4 heteroatoms. The van der Waals surface area contributed by atoms with Gasteiger partial charge in [0.1, 0.15) is 0 Å². The van der Waals surface area contributed by atoms with Gasteiger partial charge in [0.25, 0.3) is 11.8 Å². The average molecular weight is 139 g/mol. The molecule has 0 fully saturated rings. The predicted octanol–water partition coefficient (Wildman–Crippen LogP) is 0.749. The smallest absolute Gasteiger partial charge is 0.270 e. The van der Waals surface area contributed by atoms with Gasteiger partial charge in [0.15, 0.2) is 6.26 Å². The molecular weight excluding hydrogens is 134 g/mol. The van der Waals surface area contributed by atoms with Crippen molar-refractivity contribution in [1.82, 2.24) is 4.98 Å². The lowest BCUT2D eigenvalue weighted by Gasteiger charge is -1.80. The first-order valence-electron chi connectivity index (χ1n) is 2.55. The van der Waals surface area contributed by atoms with Crippen LogP contribution < -0.4 is 0 Å². The molecule has 1 rings (SSSR count). The summed E-state index contributed by atoms with van der Waals surface area (Å²) < 4.78 is 4.54. The second-order valence-electron chi connectivity index (χ2n) is 1.58. The molecule has 52 valence electrons. The molecule has 1 aromatic heterocycles. The van der Waals surface area contributed by atoms with Crippen LogP contribution in [0.4, 0.5) is 0 Å². The van der Waals surface area contributed by atoms with Crippen molar-refractivity contribution < 1.29 is 14.3 Å². The number of oxazole rings is 1. The van der Waals surface area contributed by atoms with E-state index in [2.05, 4.69) is 16.0 Å². The molecule has 0 atom stereocenters. The minimum atomic E-state index is -0.444. The first kappa shape index (κ1) is 6.54. The normalized spacial score (nSPS) is 9.20. The Hall–Kier alpha value is -1.58. The Morgan fingerprint density at radius 2 is 2.60 bits per heavy atom. The summed E-state index contributed by atoms with van der Waals surface area (Å²) in [7, 11) is 0. The number of allylic oxidation sites excluding steroid dienone is 1. The van der Waals surface area contributed by atoms with Crippen LogP contribution in [0.1, 0.15) is 10.7 Å². The van der Waals surface area contributed by atoms with E-state index in [0.29, 0.717) is 0 Å². The number of carbonyl (C=O) groups is 1. The van der Waals surface area contributed by atoms with Crippen molar-refractivity contribution in [1.29, 1.82) is 0 Å². The molecule has 0 unspecified atom stereocenters. The van der Waals surface area contributed by atoms with E-state index in [9.17, 15) is 4.79 Å². The van der Waals surface area contributed by atoms with E-state index in [0.717, 1.165) is 12.3 Å². The largest absolute Gasteiger partial charge is 0.491 e. The van der Waals surface area contributed by atoms with Gasteiger partial charge in [-0.1, -0.05) is 6.58 Å². The SMILES string of the molecule is C=CC(=O)c1nc(O)co1. The number of ketones is 1. The maximum atomic E-state index is 10.6. The van der Waals surface area contributed by atoms with Crippen LogP contribution in [0.15, 0.2) is 23.3 Å². The lowest BCUT2D eigenvalue weighted by atomic mass is 10.4. The number of rotatable bonds is 2. The molecule has 0 aliphatic heterocycles. The molecule has 1 heterocycles. The van der Waals surface area contributed by atoms with Crippen molar-refractivity contribution in [2.45, 2.75) is 0 Å². The first-order chi connectivity index (χ1) is 4.74. The summed E-state index contributed by atoms with van der Waals surface area (Å²) in [6.45, 7) is 3.22. The van der Waals surface area contributed by atoms with Crippen LogP contribution in [0.5, 0.6) is 5.88 Å². The van der Waals surface area contributed by atoms with Gasteiger partial charge in [0.2, 0.25) is 5.78 Å². The lowest BCUT2D eigenvalue weighted by Crippen LogP contribution is -1.92. The highest BCUT2D eigenvalue weighted by Crippen LogP contribution is 2.07. The lowest BCUT2D eigenvalue weighted by molar-refractivity contribution is 0.101. The fraction of sp³-hybridized carbons (Fsp3) is 0. The quantitative estimate of drug-likeness (QED) is 0.485. The Morgan fingerprint density at radius 3 is 3.00 bits per heavy atom. The van der Waals surface area contributed by atoms with Crippen LogP contribution in [-0.4, -0.2) is 15.9 Å². The highest BCUT2D eigenvalue weighted by atomic mass is 16.4. The zero-order valence-corrected chi connectivity index (χ0v) is 5.07. The fourth-order valence-electron chi connectivity index (χ4n) is 0.466. The Kier molecular flexibility index (Phi) is 1.53. The van der Waals surface area contributed by atoms with E-state index in [1.54, 1.807) is 0 Å². The molecule has 10 heavy (non-hydrogen) atoms. The maximum Gasteiger partial charge on any atom is 0.270 e. The Balaban J connectivity index is 2.95. The molecule has 0 aliphatic carbocycles. The van der Waals surface area contributed by atoms with Gasteiger partial charge in [-0.25, -0.2) is 0 Å². The molecule has 0 saturated heterocycles. The fourth-order valence-corrected chi connectivity index (χ4v) is 0.466. The van der Waals surface area contributed by atoms with E-state index >= 15 is 0 Å². The maximum absolute atomic E-state index is 10.6. The van der Waals surface area contributed by atoms with Gasteiger partial charge >= 0.3 is 0 Å². The number of hydrogen-bond acceptors (Lipinski definition) is 4. The summed E-state index contributed by atoms with van der Waals surface area (Å²) in [5, 5.41) is 8.61.